The Hall–Kier alpha value is -1.55. The maximum absolute atomic E-state index is 12.4. The molecule has 1 atom stereocenters. The fraction of sp³-hybridized carbons (Fsp3) is 0.562. The molecule has 3 rings (SSSR count). The first-order chi connectivity index (χ1) is 9.72. The van der Waals surface area contributed by atoms with Gasteiger partial charge in [0.25, 0.3) is 0 Å². The molecule has 4 heteroatoms. The number of piperazine rings is 1. The maximum Gasteiger partial charge on any atom is 0.227 e. The first-order valence-corrected chi connectivity index (χ1v) is 7.58. The van der Waals surface area contributed by atoms with Gasteiger partial charge in [0.1, 0.15) is 0 Å². The highest BCUT2D eigenvalue weighted by Gasteiger charge is 2.30. The molecular formula is C16H23N3O. The van der Waals surface area contributed by atoms with Crippen molar-refractivity contribution in [3.63, 3.8) is 0 Å². The van der Waals surface area contributed by atoms with Crippen LogP contribution in [-0.4, -0.2) is 47.9 Å². The van der Waals surface area contributed by atoms with Gasteiger partial charge in [-0.15, -0.1) is 0 Å². The van der Waals surface area contributed by atoms with Crippen molar-refractivity contribution in [3.05, 3.63) is 29.8 Å². The zero-order chi connectivity index (χ0) is 13.9. The van der Waals surface area contributed by atoms with Crippen molar-refractivity contribution in [2.45, 2.75) is 31.7 Å². The van der Waals surface area contributed by atoms with Gasteiger partial charge < -0.3 is 10.6 Å². The van der Waals surface area contributed by atoms with E-state index in [0.717, 1.165) is 30.9 Å². The van der Waals surface area contributed by atoms with Crippen LogP contribution in [-0.2, 0) is 11.2 Å². The van der Waals surface area contributed by atoms with Crippen LogP contribution < -0.4 is 5.73 Å². The highest BCUT2D eigenvalue weighted by molar-refractivity contribution is 5.79. The van der Waals surface area contributed by atoms with Crippen molar-refractivity contribution in [2.24, 2.45) is 0 Å². The van der Waals surface area contributed by atoms with Crippen LogP contribution in [0.3, 0.4) is 0 Å². The van der Waals surface area contributed by atoms with Crippen molar-refractivity contribution >= 4 is 11.6 Å². The summed E-state index contributed by atoms with van der Waals surface area (Å²) in [7, 11) is 0. The Kier molecular flexibility index (Phi) is 3.92. The summed E-state index contributed by atoms with van der Waals surface area (Å²) in [6, 6.07) is 8.21. The monoisotopic (exact) mass is 273 g/mol. The van der Waals surface area contributed by atoms with E-state index in [0.29, 0.717) is 12.5 Å². The van der Waals surface area contributed by atoms with E-state index >= 15 is 0 Å². The van der Waals surface area contributed by atoms with Crippen molar-refractivity contribution in [3.8, 4) is 0 Å². The molecule has 2 fully saturated rings. The summed E-state index contributed by atoms with van der Waals surface area (Å²) in [5, 5.41) is 0. The molecule has 2 aliphatic heterocycles. The molecular weight excluding hydrogens is 250 g/mol. The number of benzene rings is 1. The highest BCUT2D eigenvalue weighted by atomic mass is 16.2. The molecule has 108 valence electrons. The number of hydrogen-bond acceptors (Lipinski definition) is 3. The van der Waals surface area contributed by atoms with E-state index in [2.05, 4.69) is 4.90 Å². The predicted molar refractivity (Wildman–Crippen MR) is 80.4 cm³/mol. The first-order valence-electron chi connectivity index (χ1n) is 7.58. The molecule has 2 N–H and O–H groups in total. The van der Waals surface area contributed by atoms with Crippen LogP contribution in [0.15, 0.2) is 24.3 Å². The largest absolute Gasteiger partial charge is 0.399 e. The summed E-state index contributed by atoms with van der Waals surface area (Å²) in [6.45, 7) is 4.04. The molecule has 1 aromatic rings. The molecule has 0 aliphatic carbocycles. The molecule has 2 saturated heterocycles. The van der Waals surface area contributed by atoms with Gasteiger partial charge >= 0.3 is 0 Å². The normalized spacial score (nSPS) is 23.4. The minimum Gasteiger partial charge on any atom is -0.399 e. The maximum atomic E-state index is 12.4. The van der Waals surface area contributed by atoms with Gasteiger partial charge in [0.2, 0.25) is 5.91 Å². The average molecular weight is 273 g/mol. The predicted octanol–water partition coefficient (Wildman–Crippen LogP) is 1.51. The lowest BCUT2D eigenvalue weighted by Crippen LogP contribution is -2.56. The van der Waals surface area contributed by atoms with E-state index in [1.54, 1.807) is 0 Å². The average Bonchev–Trinajstić information content (AvgIpc) is 2.49. The molecule has 2 aliphatic rings. The summed E-state index contributed by atoms with van der Waals surface area (Å²) in [6.07, 6.45) is 4.36. The minimum absolute atomic E-state index is 0.250. The van der Waals surface area contributed by atoms with Crippen LogP contribution in [0.4, 0.5) is 5.69 Å². The molecule has 20 heavy (non-hydrogen) atoms. The Bertz CT molecular complexity index is 471. The fourth-order valence-corrected chi connectivity index (χ4v) is 3.30. The lowest BCUT2D eigenvalue weighted by Gasteiger charge is -2.44. The molecule has 0 spiro atoms. The zero-order valence-electron chi connectivity index (χ0n) is 11.9. The summed E-state index contributed by atoms with van der Waals surface area (Å²) >= 11 is 0. The van der Waals surface area contributed by atoms with E-state index in [9.17, 15) is 4.79 Å². The van der Waals surface area contributed by atoms with Crippen molar-refractivity contribution < 1.29 is 4.79 Å². The van der Waals surface area contributed by atoms with Crippen molar-refractivity contribution in [1.82, 2.24) is 9.80 Å². The second-order valence-electron chi connectivity index (χ2n) is 5.94. The van der Waals surface area contributed by atoms with Crippen molar-refractivity contribution in [1.29, 1.82) is 0 Å². The number of anilines is 1. The molecule has 0 saturated carbocycles. The number of hydrogen-bond donors (Lipinski definition) is 1. The van der Waals surface area contributed by atoms with Gasteiger partial charge in [-0.05, 0) is 37.1 Å². The second kappa shape index (κ2) is 5.83. The van der Waals surface area contributed by atoms with E-state index in [4.69, 9.17) is 5.73 Å². The van der Waals surface area contributed by atoms with Gasteiger partial charge in [0, 0.05) is 31.4 Å². The van der Waals surface area contributed by atoms with Crippen LogP contribution in [0.1, 0.15) is 24.8 Å². The van der Waals surface area contributed by atoms with E-state index in [-0.39, 0.29) is 5.91 Å². The Morgan fingerprint density at radius 2 is 1.95 bits per heavy atom. The number of nitrogens with zero attached hydrogens (tertiary/aromatic N) is 2. The van der Waals surface area contributed by atoms with Crippen LogP contribution >= 0.6 is 0 Å². The molecule has 1 aromatic carbocycles. The Morgan fingerprint density at radius 1 is 1.15 bits per heavy atom. The molecule has 0 radical (unpaired) electrons. The lowest BCUT2D eigenvalue weighted by atomic mass is 9.99. The summed E-state index contributed by atoms with van der Waals surface area (Å²) < 4.78 is 0. The third kappa shape index (κ3) is 2.96. The number of piperidine rings is 1. The topological polar surface area (TPSA) is 49.6 Å². The quantitative estimate of drug-likeness (QED) is 0.831. The molecule has 4 nitrogen and oxygen atoms in total. The third-order valence-electron chi connectivity index (χ3n) is 4.53. The Balaban J connectivity index is 1.58. The van der Waals surface area contributed by atoms with Crippen LogP contribution in [0.2, 0.25) is 0 Å². The molecule has 1 unspecified atom stereocenters. The first kappa shape index (κ1) is 13.4. The van der Waals surface area contributed by atoms with Gasteiger partial charge in [0.05, 0.1) is 6.42 Å². The SMILES string of the molecule is Nc1ccc(CC(=O)N2CCN3CCCCC3C2)cc1. The van der Waals surface area contributed by atoms with Gasteiger partial charge in [-0.25, -0.2) is 0 Å². The molecule has 0 bridgehead atoms. The van der Waals surface area contributed by atoms with E-state index in [1.807, 2.05) is 29.2 Å². The van der Waals surface area contributed by atoms with Gasteiger partial charge in [0.15, 0.2) is 0 Å². The smallest absolute Gasteiger partial charge is 0.227 e. The number of carbonyl (C=O) groups is 1. The number of carbonyl (C=O) groups excluding carboxylic acids is 1. The Labute approximate surface area is 120 Å². The van der Waals surface area contributed by atoms with Gasteiger partial charge in [-0.3, -0.25) is 9.69 Å². The number of amides is 1. The van der Waals surface area contributed by atoms with Gasteiger partial charge in [-0.1, -0.05) is 18.6 Å². The second-order valence-corrected chi connectivity index (χ2v) is 5.94. The van der Waals surface area contributed by atoms with E-state index < -0.39 is 0 Å². The van der Waals surface area contributed by atoms with Gasteiger partial charge in [-0.2, -0.15) is 0 Å². The van der Waals surface area contributed by atoms with Crippen molar-refractivity contribution in [2.75, 3.05) is 31.9 Å². The van der Waals surface area contributed by atoms with Crippen LogP contribution in [0.5, 0.6) is 0 Å². The summed E-state index contributed by atoms with van der Waals surface area (Å²) in [5.74, 6) is 0.250. The number of rotatable bonds is 2. The Morgan fingerprint density at radius 3 is 2.75 bits per heavy atom. The molecule has 0 aromatic heterocycles. The highest BCUT2D eigenvalue weighted by Crippen LogP contribution is 2.21. The summed E-state index contributed by atoms with van der Waals surface area (Å²) in [4.78, 5) is 17.0. The number of nitrogen functional groups attached to an aromatic ring is 1. The molecule has 1 amide bonds. The number of fused-ring (bicyclic) bond motifs is 1. The third-order valence-corrected chi connectivity index (χ3v) is 4.53. The minimum atomic E-state index is 0.250. The number of nitrogens with two attached hydrogens (primary N) is 1. The van der Waals surface area contributed by atoms with Crippen LogP contribution in [0.25, 0.3) is 0 Å². The summed E-state index contributed by atoms with van der Waals surface area (Å²) in [5.41, 5.74) is 7.47. The standard InChI is InChI=1S/C16H23N3O/c17-14-6-4-13(5-7-14)11-16(20)19-10-9-18-8-2-1-3-15(18)12-19/h4-7,15H,1-3,8-12,17H2. The van der Waals surface area contributed by atoms with Crippen LogP contribution in [0, 0.1) is 0 Å². The van der Waals surface area contributed by atoms with E-state index in [1.165, 1.54) is 25.8 Å². The zero-order valence-corrected chi connectivity index (χ0v) is 11.9. The fourth-order valence-electron chi connectivity index (χ4n) is 3.30. The molecule has 2 heterocycles. The lowest BCUT2D eigenvalue weighted by molar-refractivity contribution is -0.134.